The van der Waals surface area contributed by atoms with Crippen LogP contribution in [0.5, 0.6) is 11.8 Å². The lowest BCUT2D eigenvalue weighted by molar-refractivity contribution is 0.112. The summed E-state index contributed by atoms with van der Waals surface area (Å²) in [5, 5.41) is 0. The Morgan fingerprint density at radius 3 is 2.65 bits per heavy atom. The third-order valence-electron chi connectivity index (χ3n) is 2.14. The van der Waals surface area contributed by atoms with E-state index in [-0.39, 0.29) is 11.8 Å². The minimum atomic E-state index is -0.449. The molecule has 0 atom stereocenters. The maximum atomic E-state index is 13.6. The van der Waals surface area contributed by atoms with Gasteiger partial charge in [0.25, 0.3) is 0 Å². The van der Waals surface area contributed by atoms with Crippen LogP contribution in [0.15, 0.2) is 30.6 Å². The van der Waals surface area contributed by atoms with Crippen molar-refractivity contribution in [2.24, 2.45) is 0 Å². The van der Waals surface area contributed by atoms with Crippen molar-refractivity contribution in [2.75, 3.05) is 0 Å². The summed E-state index contributed by atoms with van der Waals surface area (Å²) in [7, 11) is 0. The number of carbonyl (C=O) groups is 1. The molecule has 1 aromatic heterocycles. The first-order valence-corrected chi connectivity index (χ1v) is 4.91. The molecule has 0 fully saturated rings. The number of aromatic nitrogens is 2. The second-order valence-electron chi connectivity index (χ2n) is 3.41. The second-order valence-corrected chi connectivity index (χ2v) is 3.41. The van der Waals surface area contributed by atoms with E-state index in [0.29, 0.717) is 17.4 Å². The van der Waals surface area contributed by atoms with Gasteiger partial charge in [0.05, 0.1) is 5.56 Å². The molecule has 2 rings (SSSR count). The highest BCUT2D eigenvalue weighted by Gasteiger charge is 2.08. The van der Waals surface area contributed by atoms with Crippen molar-refractivity contribution in [3.8, 4) is 11.8 Å². The highest BCUT2D eigenvalue weighted by Crippen LogP contribution is 2.23. The van der Waals surface area contributed by atoms with Crippen molar-refractivity contribution in [3.05, 3.63) is 47.5 Å². The molecular weight excluding hydrogens is 223 g/mol. The molecule has 2 aromatic rings. The molecule has 0 aliphatic heterocycles. The van der Waals surface area contributed by atoms with Gasteiger partial charge in [0.1, 0.15) is 0 Å². The summed E-state index contributed by atoms with van der Waals surface area (Å²) < 4.78 is 18.8. The molecule has 0 unspecified atom stereocenters. The van der Waals surface area contributed by atoms with Crippen LogP contribution in [0.1, 0.15) is 15.9 Å². The zero-order chi connectivity index (χ0) is 12.3. The summed E-state index contributed by atoms with van der Waals surface area (Å²) in [6.07, 6.45) is 3.24. The highest BCUT2D eigenvalue weighted by molar-refractivity contribution is 5.73. The summed E-state index contributed by atoms with van der Waals surface area (Å²) in [5.41, 5.74) is 0.814. The number of carbonyl (C=O) groups excluding carboxylic acids is 1. The molecule has 0 bridgehead atoms. The molecule has 0 N–H and O–H groups in total. The Hall–Kier alpha value is -2.30. The van der Waals surface area contributed by atoms with Crippen molar-refractivity contribution < 1.29 is 13.9 Å². The number of rotatable bonds is 3. The van der Waals surface area contributed by atoms with Crippen LogP contribution in [0, 0.1) is 12.7 Å². The molecule has 0 aliphatic carbocycles. The van der Waals surface area contributed by atoms with Crippen LogP contribution in [-0.4, -0.2) is 16.3 Å². The van der Waals surface area contributed by atoms with Crippen molar-refractivity contribution in [2.45, 2.75) is 6.92 Å². The van der Waals surface area contributed by atoms with Gasteiger partial charge in [-0.15, -0.1) is 0 Å². The molecule has 0 saturated carbocycles. The largest absolute Gasteiger partial charge is 0.421 e. The number of benzene rings is 1. The lowest BCUT2D eigenvalue weighted by Gasteiger charge is -2.05. The average Bonchev–Trinajstić information content (AvgIpc) is 2.36. The number of hydrogen-bond donors (Lipinski definition) is 0. The first-order valence-electron chi connectivity index (χ1n) is 4.91. The van der Waals surface area contributed by atoms with E-state index >= 15 is 0 Å². The van der Waals surface area contributed by atoms with E-state index in [0.717, 1.165) is 0 Å². The molecule has 4 nitrogen and oxygen atoms in total. The number of aldehydes is 1. The fourth-order valence-corrected chi connectivity index (χ4v) is 1.24. The predicted molar refractivity (Wildman–Crippen MR) is 58.6 cm³/mol. The lowest BCUT2D eigenvalue weighted by atomic mass is 10.2. The Kier molecular flexibility index (Phi) is 3.09. The molecule has 17 heavy (non-hydrogen) atoms. The maximum absolute atomic E-state index is 13.6. The predicted octanol–water partition coefficient (Wildman–Crippen LogP) is 2.53. The highest BCUT2D eigenvalue weighted by atomic mass is 19.1. The van der Waals surface area contributed by atoms with E-state index in [4.69, 9.17) is 4.74 Å². The van der Waals surface area contributed by atoms with E-state index < -0.39 is 5.82 Å². The standard InChI is InChI=1S/C12H9FN2O2/c1-8-3-2-4-10(11(8)13)17-12-14-5-9(7-16)6-15-12/h2-7H,1H3. The molecule has 0 aliphatic rings. The van der Waals surface area contributed by atoms with Gasteiger partial charge in [-0.1, -0.05) is 12.1 Å². The van der Waals surface area contributed by atoms with Gasteiger partial charge in [-0.25, -0.2) is 14.4 Å². The Bertz CT molecular complexity index is 541. The number of aryl methyl sites for hydroxylation is 1. The Morgan fingerprint density at radius 2 is 2.00 bits per heavy atom. The molecule has 1 heterocycles. The van der Waals surface area contributed by atoms with Gasteiger partial charge in [-0.3, -0.25) is 4.79 Å². The van der Waals surface area contributed by atoms with Crippen LogP contribution in [0.2, 0.25) is 0 Å². The van der Waals surface area contributed by atoms with Gasteiger partial charge < -0.3 is 4.74 Å². The van der Waals surface area contributed by atoms with E-state index in [2.05, 4.69) is 9.97 Å². The Labute approximate surface area is 97.1 Å². The topological polar surface area (TPSA) is 52.1 Å². The molecular formula is C12H9FN2O2. The number of ether oxygens (including phenoxy) is 1. The van der Waals surface area contributed by atoms with Crippen LogP contribution in [0.25, 0.3) is 0 Å². The van der Waals surface area contributed by atoms with Crippen molar-refractivity contribution in [3.63, 3.8) is 0 Å². The van der Waals surface area contributed by atoms with E-state index in [1.165, 1.54) is 18.5 Å². The third kappa shape index (κ3) is 2.44. The van der Waals surface area contributed by atoms with E-state index in [1.807, 2.05) is 0 Å². The van der Waals surface area contributed by atoms with Crippen LogP contribution < -0.4 is 4.74 Å². The fourth-order valence-electron chi connectivity index (χ4n) is 1.24. The van der Waals surface area contributed by atoms with E-state index in [9.17, 15) is 9.18 Å². The van der Waals surface area contributed by atoms with Gasteiger partial charge >= 0.3 is 6.01 Å². The molecule has 0 spiro atoms. The molecule has 0 amide bonds. The van der Waals surface area contributed by atoms with Crippen molar-refractivity contribution in [1.29, 1.82) is 0 Å². The monoisotopic (exact) mass is 232 g/mol. The minimum Gasteiger partial charge on any atom is -0.421 e. The number of hydrogen-bond acceptors (Lipinski definition) is 4. The average molecular weight is 232 g/mol. The Morgan fingerprint density at radius 1 is 1.29 bits per heavy atom. The molecule has 0 saturated heterocycles. The van der Waals surface area contributed by atoms with Crippen LogP contribution >= 0.6 is 0 Å². The number of halogens is 1. The quantitative estimate of drug-likeness (QED) is 0.763. The Balaban J connectivity index is 2.25. The normalized spacial score (nSPS) is 10.0. The van der Waals surface area contributed by atoms with Gasteiger partial charge in [0.2, 0.25) is 0 Å². The van der Waals surface area contributed by atoms with Crippen LogP contribution in [0.3, 0.4) is 0 Å². The van der Waals surface area contributed by atoms with Crippen LogP contribution in [0.4, 0.5) is 4.39 Å². The smallest absolute Gasteiger partial charge is 0.322 e. The van der Waals surface area contributed by atoms with Crippen molar-refractivity contribution in [1.82, 2.24) is 9.97 Å². The van der Waals surface area contributed by atoms with Gasteiger partial charge in [0.15, 0.2) is 17.9 Å². The SMILES string of the molecule is Cc1cccc(Oc2ncc(C=O)cn2)c1F. The van der Waals surface area contributed by atoms with Gasteiger partial charge in [-0.05, 0) is 18.6 Å². The van der Waals surface area contributed by atoms with Crippen molar-refractivity contribution >= 4 is 6.29 Å². The molecule has 5 heteroatoms. The first-order chi connectivity index (χ1) is 8.20. The summed E-state index contributed by atoms with van der Waals surface area (Å²) in [6.45, 7) is 1.64. The molecule has 86 valence electrons. The summed E-state index contributed by atoms with van der Waals surface area (Å²) in [5.74, 6) is -0.389. The second kappa shape index (κ2) is 4.69. The minimum absolute atomic E-state index is 0.0000926. The maximum Gasteiger partial charge on any atom is 0.322 e. The first kappa shape index (κ1) is 11.2. The van der Waals surface area contributed by atoms with Gasteiger partial charge in [0, 0.05) is 12.4 Å². The van der Waals surface area contributed by atoms with E-state index in [1.54, 1.807) is 19.1 Å². The zero-order valence-corrected chi connectivity index (χ0v) is 9.05. The molecule has 1 aromatic carbocycles. The summed E-state index contributed by atoms with van der Waals surface area (Å²) in [6, 6.07) is 4.80. The third-order valence-corrected chi connectivity index (χ3v) is 2.14. The zero-order valence-electron chi connectivity index (χ0n) is 9.05. The summed E-state index contributed by atoms with van der Waals surface area (Å²) >= 11 is 0. The van der Waals surface area contributed by atoms with Crippen LogP contribution in [-0.2, 0) is 0 Å². The summed E-state index contributed by atoms with van der Waals surface area (Å²) in [4.78, 5) is 18.0. The fraction of sp³-hybridized carbons (Fsp3) is 0.0833. The molecule has 0 radical (unpaired) electrons. The number of nitrogens with zero attached hydrogens (tertiary/aromatic N) is 2. The lowest BCUT2D eigenvalue weighted by Crippen LogP contribution is -1.96. The van der Waals surface area contributed by atoms with Gasteiger partial charge in [-0.2, -0.15) is 0 Å².